The van der Waals surface area contributed by atoms with Crippen molar-refractivity contribution in [1.29, 1.82) is 0 Å². The predicted octanol–water partition coefficient (Wildman–Crippen LogP) is 1.15. The number of carbonyl (C=O) groups is 1. The van der Waals surface area contributed by atoms with Crippen molar-refractivity contribution in [2.75, 3.05) is 12.3 Å². The first-order valence-corrected chi connectivity index (χ1v) is 5.60. The molecule has 1 heterocycles. The number of Topliss-reactive ketones (excluding diaryl/α,β-unsaturated/α-hetero) is 1. The van der Waals surface area contributed by atoms with Crippen LogP contribution in [0, 0.1) is 5.92 Å². The fourth-order valence-electron chi connectivity index (χ4n) is 1.71. The fraction of sp³-hybridized carbons (Fsp3) is 0.500. The molecule has 0 amide bonds. The molecule has 16 heavy (non-hydrogen) atoms. The number of carbonyl (C=O) groups excluding carboxylic acids is 1. The molecule has 1 aromatic heterocycles. The topological polar surface area (TPSA) is 82.0 Å². The Balaban J connectivity index is 2.62. The van der Waals surface area contributed by atoms with Crippen LogP contribution in [0.3, 0.4) is 0 Å². The van der Waals surface area contributed by atoms with Crippen LogP contribution in [0.15, 0.2) is 18.3 Å². The number of hydrogen-bond donors (Lipinski definition) is 2. The standard InChI is InChI=1S/C12H19N3O/c1-2-3-10(8-13)11(16)6-9-4-5-15-12(14)7-9/h4-5,7,10H,2-3,6,8,13H2,1H3,(H2,14,15). The lowest BCUT2D eigenvalue weighted by atomic mass is 9.94. The Morgan fingerprint density at radius 2 is 2.31 bits per heavy atom. The molecule has 1 aromatic rings. The molecular formula is C12H19N3O. The fourth-order valence-corrected chi connectivity index (χ4v) is 1.71. The van der Waals surface area contributed by atoms with Crippen LogP contribution in [0.1, 0.15) is 25.3 Å². The van der Waals surface area contributed by atoms with E-state index in [-0.39, 0.29) is 11.7 Å². The normalized spacial score (nSPS) is 12.4. The van der Waals surface area contributed by atoms with Gasteiger partial charge in [0, 0.05) is 25.1 Å². The highest BCUT2D eigenvalue weighted by Gasteiger charge is 2.15. The van der Waals surface area contributed by atoms with Crippen molar-refractivity contribution >= 4 is 11.6 Å². The van der Waals surface area contributed by atoms with Gasteiger partial charge < -0.3 is 11.5 Å². The van der Waals surface area contributed by atoms with Crippen LogP contribution in [-0.4, -0.2) is 17.3 Å². The number of pyridine rings is 1. The molecule has 0 spiro atoms. The average molecular weight is 221 g/mol. The highest BCUT2D eigenvalue weighted by molar-refractivity contribution is 5.83. The molecule has 0 aromatic carbocycles. The van der Waals surface area contributed by atoms with Crippen LogP contribution in [-0.2, 0) is 11.2 Å². The number of aromatic nitrogens is 1. The number of rotatable bonds is 6. The zero-order valence-corrected chi connectivity index (χ0v) is 9.65. The number of nitrogens with zero attached hydrogens (tertiary/aromatic N) is 1. The summed E-state index contributed by atoms with van der Waals surface area (Å²) in [5.41, 5.74) is 12.0. The minimum Gasteiger partial charge on any atom is -0.384 e. The number of nitrogens with two attached hydrogens (primary N) is 2. The van der Waals surface area contributed by atoms with E-state index in [1.165, 1.54) is 0 Å². The molecule has 4 heteroatoms. The molecule has 4 nitrogen and oxygen atoms in total. The summed E-state index contributed by atoms with van der Waals surface area (Å²) in [5, 5.41) is 0. The van der Waals surface area contributed by atoms with E-state index in [0.29, 0.717) is 18.8 Å². The number of ketones is 1. The molecule has 0 bridgehead atoms. The molecule has 1 unspecified atom stereocenters. The molecule has 0 aliphatic rings. The number of anilines is 1. The van der Waals surface area contributed by atoms with Crippen LogP contribution < -0.4 is 11.5 Å². The molecule has 0 radical (unpaired) electrons. The van der Waals surface area contributed by atoms with Crippen LogP contribution in [0.5, 0.6) is 0 Å². The van der Waals surface area contributed by atoms with Gasteiger partial charge in [-0.15, -0.1) is 0 Å². The van der Waals surface area contributed by atoms with Crippen molar-refractivity contribution in [1.82, 2.24) is 4.98 Å². The summed E-state index contributed by atoms with van der Waals surface area (Å²) in [7, 11) is 0. The summed E-state index contributed by atoms with van der Waals surface area (Å²) in [6.07, 6.45) is 3.85. The molecular weight excluding hydrogens is 202 g/mol. The van der Waals surface area contributed by atoms with Crippen molar-refractivity contribution in [3.63, 3.8) is 0 Å². The summed E-state index contributed by atoms with van der Waals surface area (Å²) in [6, 6.07) is 3.55. The van der Waals surface area contributed by atoms with Gasteiger partial charge in [0.1, 0.15) is 11.6 Å². The van der Waals surface area contributed by atoms with E-state index < -0.39 is 0 Å². The molecule has 0 aliphatic heterocycles. The van der Waals surface area contributed by atoms with E-state index in [4.69, 9.17) is 11.5 Å². The Kier molecular flexibility index (Phi) is 4.92. The van der Waals surface area contributed by atoms with Crippen molar-refractivity contribution in [3.8, 4) is 0 Å². The minimum atomic E-state index is -0.0283. The minimum absolute atomic E-state index is 0.0283. The van der Waals surface area contributed by atoms with Crippen molar-refractivity contribution < 1.29 is 4.79 Å². The van der Waals surface area contributed by atoms with Gasteiger partial charge in [0.15, 0.2) is 0 Å². The average Bonchev–Trinajstić information content (AvgIpc) is 2.25. The van der Waals surface area contributed by atoms with Crippen LogP contribution in [0.4, 0.5) is 5.82 Å². The maximum atomic E-state index is 11.9. The molecule has 0 fully saturated rings. The van der Waals surface area contributed by atoms with Gasteiger partial charge >= 0.3 is 0 Å². The molecule has 1 rings (SSSR count). The van der Waals surface area contributed by atoms with Gasteiger partial charge in [-0.05, 0) is 24.1 Å². The van der Waals surface area contributed by atoms with Gasteiger partial charge in [0.2, 0.25) is 0 Å². The van der Waals surface area contributed by atoms with Gasteiger partial charge in [0.25, 0.3) is 0 Å². The molecule has 0 aliphatic carbocycles. The van der Waals surface area contributed by atoms with Gasteiger partial charge in [-0.2, -0.15) is 0 Å². The van der Waals surface area contributed by atoms with Gasteiger partial charge in [-0.1, -0.05) is 13.3 Å². The lowest BCUT2D eigenvalue weighted by Gasteiger charge is -2.12. The summed E-state index contributed by atoms with van der Waals surface area (Å²) in [5.74, 6) is 0.611. The Labute approximate surface area is 96.0 Å². The van der Waals surface area contributed by atoms with Crippen molar-refractivity contribution in [2.24, 2.45) is 11.7 Å². The van der Waals surface area contributed by atoms with Crippen LogP contribution in [0.25, 0.3) is 0 Å². The predicted molar refractivity (Wildman–Crippen MR) is 64.8 cm³/mol. The second kappa shape index (κ2) is 6.23. The SMILES string of the molecule is CCCC(CN)C(=O)Cc1ccnc(N)c1. The lowest BCUT2D eigenvalue weighted by molar-refractivity contribution is -0.122. The molecule has 4 N–H and O–H groups in total. The zero-order valence-electron chi connectivity index (χ0n) is 9.65. The van der Waals surface area contributed by atoms with Crippen molar-refractivity contribution in [3.05, 3.63) is 23.9 Å². The van der Waals surface area contributed by atoms with E-state index in [0.717, 1.165) is 18.4 Å². The third kappa shape index (κ3) is 3.62. The first-order chi connectivity index (χ1) is 7.67. The third-order valence-corrected chi connectivity index (χ3v) is 2.60. The summed E-state index contributed by atoms with van der Waals surface area (Å²) < 4.78 is 0. The Hall–Kier alpha value is -1.42. The second-order valence-corrected chi connectivity index (χ2v) is 3.95. The monoisotopic (exact) mass is 221 g/mol. The highest BCUT2D eigenvalue weighted by atomic mass is 16.1. The summed E-state index contributed by atoms with van der Waals surface area (Å²) in [6.45, 7) is 2.48. The smallest absolute Gasteiger partial charge is 0.141 e. The van der Waals surface area contributed by atoms with E-state index >= 15 is 0 Å². The zero-order chi connectivity index (χ0) is 12.0. The quantitative estimate of drug-likeness (QED) is 0.755. The summed E-state index contributed by atoms with van der Waals surface area (Å²) in [4.78, 5) is 15.8. The van der Waals surface area contributed by atoms with Crippen molar-refractivity contribution in [2.45, 2.75) is 26.2 Å². The van der Waals surface area contributed by atoms with Gasteiger partial charge in [-0.25, -0.2) is 4.98 Å². The molecule has 1 atom stereocenters. The number of hydrogen-bond acceptors (Lipinski definition) is 4. The van der Waals surface area contributed by atoms with Crippen LogP contribution in [0.2, 0.25) is 0 Å². The Morgan fingerprint density at radius 1 is 1.56 bits per heavy atom. The van der Waals surface area contributed by atoms with E-state index in [1.54, 1.807) is 12.3 Å². The van der Waals surface area contributed by atoms with E-state index in [9.17, 15) is 4.79 Å². The van der Waals surface area contributed by atoms with E-state index in [2.05, 4.69) is 11.9 Å². The third-order valence-electron chi connectivity index (χ3n) is 2.60. The molecule has 0 saturated heterocycles. The first kappa shape index (κ1) is 12.6. The van der Waals surface area contributed by atoms with Crippen LogP contribution >= 0.6 is 0 Å². The maximum absolute atomic E-state index is 11.9. The number of nitrogen functional groups attached to an aromatic ring is 1. The molecule has 0 saturated carbocycles. The largest absolute Gasteiger partial charge is 0.384 e. The van der Waals surface area contributed by atoms with Gasteiger partial charge in [0.05, 0.1) is 0 Å². The second-order valence-electron chi connectivity index (χ2n) is 3.95. The summed E-state index contributed by atoms with van der Waals surface area (Å²) >= 11 is 0. The Morgan fingerprint density at radius 3 is 2.88 bits per heavy atom. The first-order valence-electron chi connectivity index (χ1n) is 5.60. The highest BCUT2D eigenvalue weighted by Crippen LogP contribution is 2.11. The lowest BCUT2D eigenvalue weighted by Crippen LogP contribution is -2.25. The maximum Gasteiger partial charge on any atom is 0.141 e. The van der Waals surface area contributed by atoms with Gasteiger partial charge in [-0.3, -0.25) is 4.79 Å². The van der Waals surface area contributed by atoms with E-state index in [1.807, 2.05) is 6.07 Å². The Bertz CT molecular complexity index is 352. The molecule has 88 valence electrons.